The van der Waals surface area contributed by atoms with Crippen LogP contribution in [0.3, 0.4) is 0 Å². The van der Waals surface area contributed by atoms with Gasteiger partial charge in [-0.1, -0.05) is 27.2 Å². The summed E-state index contributed by atoms with van der Waals surface area (Å²) >= 11 is 0. The van der Waals surface area contributed by atoms with Gasteiger partial charge in [0.05, 0.1) is 5.41 Å². The Morgan fingerprint density at radius 1 is 1.32 bits per heavy atom. The molecule has 5 nitrogen and oxygen atoms in total. The number of carboxylic acids is 1. The maximum atomic E-state index is 12.5. The van der Waals surface area contributed by atoms with E-state index in [1.54, 1.807) is 6.92 Å². The van der Waals surface area contributed by atoms with E-state index in [0.29, 0.717) is 36.0 Å². The van der Waals surface area contributed by atoms with Crippen molar-refractivity contribution in [1.29, 1.82) is 0 Å². The van der Waals surface area contributed by atoms with Gasteiger partial charge >= 0.3 is 5.97 Å². The zero-order valence-corrected chi connectivity index (χ0v) is 15.2. The third-order valence-corrected chi connectivity index (χ3v) is 6.66. The van der Waals surface area contributed by atoms with Crippen LogP contribution in [0.2, 0.25) is 0 Å². The minimum absolute atomic E-state index is 0.0387. The zero-order chi connectivity index (χ0) is 18.6. The monoisotopic (exact) mass is 348 g/mol. The van der Waals surface area contributed by atoms with E-state index in [-0.39, 0.29) is 35.4 Å². The lowest BCUT2D eigenvalue weighted by molar-refractivity contribution is -0.152. The van der Waals surface area contributed by atoms with Crippen LogP contribution in [-0.4, -0.2) is 33.0 Å². The molecule has 1 saturated carbocycles. The van der Waals surface area contributed by atoms with Gasteiger partial charge in [0.1, 0.15) is 11.5 Å². The topological polar surface area (TPSA) is 98.0 Å². The number of aliphatic hydroxyl groups is 1. The van der Waals surface area contributed by atoms with Gasteiger partial charge in [0.15, 0.2) is 0 Å². The van der Waals surface area contributed by atoms with E-state index in [1.165, 1.54) is 6.07 Å². The molecule has 2 aliphatic rings. The molecule has 138 valence electrons. The number of carboxylic acid groups (broad SMARTS) is 1. The molecule has 0 heterocycles. The molecule has 0 spiro atoms. The number of aliphatic carboxylic acids is 1. The van der Waals surface area contributed by atoms with Crippen LogP contribution in [0.1, 0.15) is 69.1 Å². The summed E-state index contributed by atoms with van der Waals surface area (Å²) in [5.74, 6) is -1.34. The van der Waals surface area contributed by atoms with E-state index in [9.17, 15) is 25.2 Å². The van der Waals surface area contributed by atoms with Crippen LogP contribution < -0.4 is 0 Å². The van der Waals surface area contributed by atoms with Crippen LogP contribution in [0, 0.1) is 11.3 Å². The Balaban J connectivity index is 2.28. The van der Waals surface area contributed by atoms with Crippen LogP contribution in [0.4, 0.5) is 0 Å². The molecule has 1 fully saturated rings. The first kappa shape index (κ1) is 18.1. The number of phenols is 2. The maximum absolute atomic E-state index is 12.5. The highest BCUT2D eigenvalue weighted by Gasteiger charge is 2.58. The minimum atomic E-state index is -1.15. The van der Waals surface area contributed by atoms with Crippen molar-refractivity contribution < 1.29 is 25.2 Å². The van der Waals surface area contributed by atoms with Crippen molar-refractivity contribution in [3.05, 3.63) is 22.8 Å². The Hall–Kier alpha value is -1.75. The summed E-state index contributed by atoms with van der Waals surface area (Å²) in [7, 11) is 0. The van der Waals surface area contributed by atoms with Crippen LogP contribution >= 0.6 is 0 Å². The van der Waals surface area contributed by atoms with E-state index in [0.717, 1.165) is 12.8 Å². The molecule has 2 unspecified atom stereocenters. The standard InChI is InChI=1S/C20H28O5/c1-11(10-21)13-9-14(22)16-12(17(13)23)5-6-15-19(2,3)7-4-8-20(15,16)18(24)25/h9,11,15,21-23H,4-8,10H2,1-3H3,(H,24,25)/t11?,15?,20-/m1/s1. The summed E-state index contributed by atoms with van der Waals surface area (Å²) in [5, 5.41) is 41.2. The number of carbonyl (C=O) groups is 1. The molecule has 2 aliphatic carbocycles. The van der Waals surface area contributed by atoms with Crippen molar-refractivity contribution in [3.8, 4) is 11.5 Å². The molecule has 0 saturated heterocycles. The number of benzene rings is 1. The summed E-state index contributed by atoms with van der Waals surface area (Å²) in [6.07, 6.45) is 3.45. The Morgan fingerprint density at radius 2 is 2.00 bits per heavy atom. The Kier molecular flexibility index (Phi) is 4.26. The molecule has 3 atom stereocenters. The average Bonchev–Trinajstić information content (AvgIpc) is 2.55. The minimum Gasteiger partial charge on any atom is -0.508 e. The highest BCUT2D eigenvalue weighted by atomic mass is 16.4. The van der Waals surface area contributed by atoms with Crippen LogP contribution in [-0.2, 0) is 16.6 Å². The molecule has 1 aromatic carbocycles. The Morgan fingerprint density at radius 3 is 2.60 bits per heavy atom. The predicted octanol–water partition coefficient (Wildman–Crippen LogP) is 3.29. The summed E-state index contributed by atoms with van der Waals surface area (Å²) in [6.45, 7) is 5.84. The number of hydrogen-bond acceptors (Lipinski definition) is 4. The van der Waals surface area contributed by atoms with Gasteiger partial charge in [-0.2, -0.15) is 0 Å². The average molecular weight is 348 g/mol. The number of phenolic OH excluding ortho intramolecular Hbond substituents is 2. The normalized spacial score (nSPS) is 28.7. The fourth-order valence-corrected chi connectivity index (χ4v) is 5.38. The summed E-state index contributed by atoms with van der Waals surface area (Å²) in [4.78, 5) is 12.5. The molecule has 0 bridgehead atoms. The number of fused-ring (bicyclic) bond motifs is 3. The van der Waals surface area contributed by atoms with E-state index in [2.05, 4.69) is 13.8 Å². The van der Waals surface area contributed by atoms with E-state index in [1.807, 2.05) is 0 Å². The number of aliphatic hydroxyl groups excluding tert-OH is 1. The first-order valence-electron chi connectivity index (χ1n) is 9.09. The van der Waals surface area contributed by atoms with Gasteiger partial charge in [-0.15, -0.1) is 0 Å². The lowest BCUT2D eigenvalue weighted by atomic mass is 9.49. The summed E-state index contributed by atoms with van der Waals surface area (Å²) in [6, 6.07) is 1.45. The molecule has 3 rings (SSSR count). The van der Waals surface area contributed by atoms with Crippen LogP contribution in [0.25, 0.3) is 0 Å². The SMILES string of the molecule is CC(CO)c1cc(O)c2c(c1O)CCC1C(C)(C)CCC[C@]21C(=O)O. The first-order valence-corrected chi connectivity index (χ1v) is 9.09. The highest BCUT2D eigenvalue weighted by molar-refractivity contribution is 5.85. The third kappa shape index (κ3) is 2.43. The van der Waals surface area contributed by atoms with Gasteiger partial charge in [0.25, 0.3) is 0 Å². The zero-order valence-electron chi connectivity index (χ0n) is 15.2. The van der Waals surface area contributed by atoms with Crippen LogP contribution in [0.15, 0.2) is 6.07 Å². The van der Waals surface area contributed by atoms with Gasteiger partial charge < -0.3 is 20.4 Å². The van der Waals surface area contributed by atoms with E-state index < -0.39 is 11.4 Å². The van der Waals surface area contributed by atoms with Gasteiger partial charge in [-0.25, -0.2) is 0 Å². The van der Waals surface area contributed by atoms with Crippen molar-refractivity contribution in [2.75, 3.05) is 6.61 Å². The quantitative estimate of drug-likeness (QED) is 0.628. The molecule has 1 aromatic rings. The highest BCUT2D eigenvalue weighted by Crippen LogP contribution is 2.60. The lowest BCUT2D eigenvalue weighted by Gasteiger charge is -2.53. The van der Waals surface area contributed by atoms with E-state index in [4.69, 9.17) is 0 Å². The van der Waals surface area contributed by atoms with Gasteiger partial charge in [-0.3, -0.25) is 4.79 Å². The smallest absolute Gasteiger partial charge is 0.314 e. The molecule has 0 aromatic heterocycles. The van der Waals surface area contributed by atoms with Crippen molar-refractivity contribution in [1.82, 2.24) is 0 Å². The molecule has 25 heavy (non-hydrogen) atoms. The van der Waals surface area contributed by atoms with Crippen molar-refractivity contribution in [2.45, 2.75) is 64.2 Å². The Labute approximate surface area is 148 Å². The predicted molar refractivity (Wildman–Crippen MR) is 94.0 cm³/mol. The fourth-order valence-electron chi connectivity index (χ4n) is 5.38. The molecule has 0 amide bonds. The second kappa shape index (κ2) is 5.90. The molecule has 5 heteroatoms. The number of hydrogen-bond donors (Lipinski definition) is 4. The van der Waals surface area contributed by atoms with Gasteiger partial charge in [0.2, 0.25) is 0 Å². The van der Waals surface area contributed by atoms with E-state index >= 15 is 0 Å². The van der Waals surface area contributed by atoms with Gasteiger partial charge in [0, 0.05) is 29.2 Å². The fraction of sp³-hybridized carbons (Fsp3) is 0.650. The summed E-state index contributed by atoms with van der Waals surface area (Å²) in [5.41, 5.74) is 0.139. The molecule has 0 radical (unpaired) electrons. The van der Waals surface area contributed by atoms with Crippen molar-refractivity contribution >= 4 is 5.97 Å². The molecule has 0 aliphatic heterocycles. The second-order valence-corrected chi connectivity index (χ2v) is 8.48. The third-order valence-electron chi connectivity index (χ3n) is 6.66. The van der Waals surface area contributed by atoms with Gasteiger partial charge in [-0.05, 0) is 43.1 Å². The molecular formula is C20H28O5. The lowest BCUT2D eigenvalue weighted by Crippen LogP contribution is -2.54. The van der Waals surface area contributed by atoms with Crippen molar-refractivity contribution in [2.24, 2.45) is 11.3 Å². The largest absolute Gasteiger partial charge is 0.508 e. The molecule has 4 N–H and O–H groups in total. The molecular weight excluding hydrogens is 320 g/mol. The number of rotatable bonds is 3. The second-order valence-electron chi connectivity index (χ2n) is 8.48. The summed E-state index contributed by atoms with van der Waals surface area (Å²) < 4.78 is 0. The maximum Gasteiger partial charge on any atom is 0.314 e. The van der Waals surface area contributed by atoms with Crippen molar-refractivity contribution in [3.63, 3.8) is 0 Å². The van der Waals surface area contributed by atoms with Crippen LogP contribution in [0.5, 0.6) is 11.5 Å². The Bertz CT molecular complexity index is 709. The number of aromatic hydroxyl groups is 2. The first-order chi connectivity index (χ1) is 11.7.